The molecule has 0 aliphatic carbocycles. The van der Waals surface area contributed by atoms with E-state index in [-0.39, 0.29) is 5.92 Å². The van der Waals surface area contributed by atoms with Crippen LogP contribution in [0.25, 0.3) is 0 Å². The van der Waals surface area contributed by atoms with Crippen LogP contribution in [0.4, 0.5) is 5.69 Å². The van der Waals surface area contributed by atoms with Gasteiger partial charge in [-0.1, -0.05) is 78.9 Å². The number of benzene rings is 3. The summed E-state index contributed by atoms with van der Waals surface area (Å²) in [5, 5.41) is 0. The van der Waals surface area contributed by atoms with Gasteiger partial charge in [-0.2, -0.15) is 0 Å². The average Bonchev–Trinajstić information content (AvgIpc) is 2.71. The van der Waals surface area contributed by atoms with Crippen LogP contribution < -0.4 is 10.6 Å². The van der Waals surface area contributed by atoms with E-state index in [9.17, 15) is 0 Å². The second-order valence-electron chi connectivity index (χ2n) is 7.14. The highest BCUT2D eigenvalue weighted by Crippen LogP contribution is 2.38. The standard InChI is InChI=1S/C24H26N2/c25-21-15-17-26(18-16-21)23-14-8-7-13-22(23)24(19-9-3-1-4-10-19)20-11-5-2-6-12-20/h1-14,21,24H,15-18,25H2. The van der Waals surface area contributed by atoms with Gasteiger partial charge < -0.3 is 10.6 Å². The minimum absolute atomic E-state index is 0.240. The van der Waals surface area contributed by atoms with E-state index in [4.69, 9.17) is 5.73 Å². The number of hydrogen-bond acceptors (Lipinski definition) is 2. The molecule has 1 saturated heterocycles. The van der Waals surface area contributed by atoms with Crippen molar-refractivity contribution in [3.63, 3.8) is 0 Å². The third kappa shape index (κ3) is 3.51. The Morgan fingerprint density at radius 1 is 0.692 bits per heavy atom. The number of para-hydroxylation sites is 1. The molecular formula is C24H26N2. The lowest BCUT2D eigenvalue weighted by Gasteiger charge is -2.35. The van der Waals surface area contributed by atoms with Gasteiger partial charge in [-0.05, 0) is 35.6 Å². The lowest BCUT2D eigenvalue weighted by molar-refractivity contribution is 0.500. The van der Waals surface area contributed by atoms with Gasteiger partial charge in [0.2, 0.25) is 0 Å². The molecule has 2 N–H and O–H groups in total. The van der Waals surface area contributed by atoms with Crippen molar-refractivity contribution in [1.29, 1.82) is 0 Å². The number of hydrogen-bond donors (Lipinski definition) is 1. The van der Waals surface area contributed by atoms with E-state index in [0.29, 0.717) is 6.04 Å². The molecule has 3 aromatic rings. The number of nitrogens with two attached hydrogens (primary N) is 1. The van der Waals surface area contributed by atoms with Crippen molar-refractivity contribution >= 4 is 5.69 Å². The van der Waals surface area contributed by atoms with Crippen LogP contribution in [0, 0.1) is 0 Å². The van der Waals surface area contributed by atoms with E-state index in [1.165, 1.54) is 22.4 Å². The number of anilines is 1. The molecule has 0 amide bonds. The summed E-state index contributed by atoms with van der Waals surface area (Å²) in [7, 11) is 0. The molecule has 1 fully saturated rings. The van der Waals surface area contributed by atoms with E-state index in [2.05, 4.69) is 89.8 Å². The second-order valence-corrected chi connectivity index (χ2v) is 7.14. The molecule has 0 saturated carbocycles. The number of rotatable bonds is 4. The van der Waals surface area contributed by atoms with Crippen molar-refractivity contribution < 1.29 is 0 Å². The Balaban J connectivity index is 1.80. The van der Waals surface area contributed by atoms with Gasteiger partial charge in [-0.15, -0.1) is 0 Å². The molecule has 1 aliphatic heterocycles. The molecule has 3 aromatic carbocycles. The Morgan fingerprint density at radius 3 is 1.77 bits per heavy atom. The fourth-order valence-corrected chi connectivity index (χ4v) is 4.00. The highest BCUT2D eigenvalue weighted by Gasteiger charge is 2.24. The van der Waals surface area contributed by atoms with Crippen LogP contribution in [0.15, 0.2) is 84.9 Å². The maximum absolute atomic E-state index is 6.13. The molecule has 0 spiro atoms. The van der Waals surface area contributed by atoms with Crippen molar-refractivity contribution in [3.05, 3.63) is 102 Å². The van der Waals surface area contributed by atoms with Crippen molar-refractivity contribution in [2.75, 3.05) is 18.0 Å². The molecule has 132 valence electrons. The minimum Gasteiger partial charge on any atom is -0.371 e. The quantitative estimate of drug-likeness (QED) is 0.691. The summed E-state index contributed by atoms with van der Waals surface area (Å²) in [6, 6.07) is 30.9. The molecular weight excluding hydrogens is 316 g/mol. The van der Waals surface area contributed by atoms with Crippen molar-refractivity contribution in [2.24, 2.45) is 5.73 Å². The second kappa shape index (κ2) is 7.76. The van der Waals surface area contributed by atoms with Crippen LogP contribution in [0.1, 0.15) is 35.4 Å². The van der Waals surface area contributed by atoms with E-state index in [1.54, 1.807) is 0 Å². The lowest BCUT2D eigenvalue weighted by Crippen LogP contribution is -2.40. The lowest BCUT2D eigenvalue weighted by atomic mass is 9.84. The SMILES string of the molecule is NC1CCN(c2ccccc2C(c2ccccc2)c2ccccc2)CC1. The fraction of sp³-hybridized carbons (Fsp3) is 0.250. The molecule has 0 atom stereocenters. The monoisotopic (exact) mass is 342 g/mol. The topological polar surface area (TPSA) is 29.3 Å². The Labute approximate surface area is 156 Å². The Bertz CT molecular complexity index is 782. The van der Waals surface area contributed by atoms with Crippen molar-refractivity contribution in [2.45, 2.75) is 24.8 Å². The first kappa shape index (κ1) is 16.9. The van der Waals surface area contributed by atoms with Crippen LogP contribution in [-0.4, -0.2) is 19.1 Å². The van der Waals surface area contributed by atoms with E-state index >= 15 is 0 Å². The van der Waals surface area contributed by atoms with Crippen molar-refractivity contribution in [1.82, 2.24) is 0 Å². The maximum atomic E-state index is 6.13. The van der Waals surface area contributed by atoms with Gasteiger partial charge in [-0.25, -0.2) is 0 Å². The van der Waals surface area contributed by atoms with Crippen LogP contribution in [0.3, 0.4) is 0 Å². The molecule has 4 rings (SSSR count). The predicted molar refractivity (Wildman–Crippen MR) is 110 cm³/mol. The fourth-order valence-electron chi connectivity index (χ4n) is 4.00. The van der Waals surface area contributed by atoms with Crippen LogP contribution >= 0.6 is 0 Å². The van der Waals surface area contributed by atoms with Gasteiger partial charge in [0.05, 0.1) is 0 Å². The molecule has 0 unspecified atom stereocenters. The third-order valence-corrected chi connectivity index (χ3v) is 5.39. The number of nitrogens with zero attached hydrogens (tertiary/aromatic N) is 1. The number of piperidine rings is 1. The summed E-state index contributed by atoms with van der Waals surface area (Å²) in [6.07, 6.45) is 2.13. The Hall–Kier alpha value is -2.58. The molecule has 1 aliphatic rings. The summed E-state index contributed by atoms with van der Waals surface area (Å²) < 4.78 is 0. The predicted octanol–water partition coefficient (Wildman–Crippen LogP) is 4.79. The highest BCUT2D eigenvalue weighted by atomic mass is 15.1. The molecule has 1 heterocycles. The molecule has 0 radical (unpaired) electrons. The van der Waals surface area contributed by atoms with Gasteiger partial charge >= 0.3 is 0 Å². The normalized spacial score (nSPS) is 15.4. The largest absolute Gasteiger partial charge is 0.371 e. The van der Waals surface area contributed by atoms with Gasteiger partial charge in [0.25, 0.3) is 0 Å². The summed E-state index contributed by atoms with van der Waals surface area (Å²) >= 11 is 0. The van der Waals surface area contributed by atoms with E-state index in [0.717, 1.165) is 25.9 Å². The van der Waals surface area contributed by atoms with Crippen molar-refractivity contribution in [3.8, 4) is 0 Å². The van der Waals surface area contributed by atoms with Gasteiger partial charge in [0.1, 0.15) is 0 Å². The van der Waals surface area contributed by atoms with Crippen LogP contribution in [0.2, 0.25) is 0 Å². The zero-order valence-electron chi connectivity index (χ0n) is 15.1. The summed E-state index contributed by atoms with van der Waals surface area (Å²) in [4.78, 5) is 2.51. The first-order valence-electron chi connectivity index (χ1n) is 9.52. The maximum Gasteiger partial charge on any atom is 0.0408 e. The molecule has 26 heavy (non-hydrogen) atoms. The summed E-state index contributed by atoms with van der Waals surface area (Å²) in [5.74, 6) is 0.240. The van der Waals surface area contributed by atoms with Crippen LogP contribution in [-0.2, 0) is 0 Å². The zero-order chi connectivity index (χ0) is 17.8. The summed E-state index contributed by atoms with van der Waals surface area (Å²) in [5.41, 5.74) is 11.5. The Morgan fingerprint density at radius 2 is 1.19 bits per heavy atom. The first-order valence-corrected chi connectivity index (χ1v) is 9.52. The minimum atomic E-state index is 0.240. The molecule has 0 bridgehead atoms. The third-order valence-electron chi connectivity index (χ3n) is 5.39. The molecule has 2 nitrogen and oxygen atoms in total. The smallest absolute Gasteiger partial charge is 0.0408 e. The highest BCUT2D eigenvalue weighted by molar-refractivity contribution is 5.60. The van der Waals surface area contributed by atoms with Gasteiger partial charge in [0, 0.05) is 30.7 Å². The van der Waals surface area contributed by atoms with Gasteiger partial charge in [-0.3, -0.25) is 0 Å². The average molecular weight is 342 g/mol. The van der Waals surface area contributed by atoms with E-state index in [1.807, 2.05) is 0 Å². The summed E-state index contributed by atoms with van der Waals surface area (Å²) in [6.45, 7) is 2.07. The zero-order valence-corrected chi connectivity index (χ0v) is 15.1. The van der Waals surface area contributed by atoms with E-state index < -0.39 is 0 Å². The van der Waals surface area contributed by atoms with Gasteiger partial charge in [0.15, 0.2) is 0 Å². The Kier molecular flexibility index (Phi) is 5.03. The molecule has 2 heteroatoms. The van der Waals surface area contributed by atoms with Crippen LogP contribution in [0.5, 0.6) is 0 Å². The molecule has 0 aromatic heterocycles. The first-order chi connectivity index (χ1) is 12.8.